The van der Waals surface area contributed by atoms with Crippen molar-refractivity contribution in [2.45, 2.75) is 30.7 Å². The number of nitrogens with one attached hydrogen (secondary N) is 1. The van der Waals surface area contributed by atoms with Crippen molar-refractivity contribution in [3.63, 3.8) is 0 Å². The predicted molar refractivity (Wildman–Crippen MR) is 73.4 cm³/mol. The minimum Gasteiger partial charge on any atom is -0.374 e. The first-order valence-corrected chi connectivity index (χ1v) is 7.68. The Morgan fingerprint density at radius 2 is 2.21 bits per heavy atom. The van der Waals surface area contributed by atoms with Crippen LogP contribution in [0.4, 0.5) is 5.69 Å². The largest absolute Gasteiger partial charge is 0.374 e. The van der Waals surface area contributed by atoms with Crippen LogP contribution in [0.3, 0.4) is 0 Å². The fourth-order valence-electron chi connectivity index (χ4n) is 2.23. The van der Waals surface area contributed by atoms with Crippen molar-refractivity contribution in [3.05, 3.63) is 23.8 Å². The lowest BCUT2D eigenvalue weighted by Crippen LogP contribution is -2.32. The van der Waals surface area contributed by atoms with Gasteiger partial charge in [-0.2, -0.15) is 9.98 Å². The molecule has 1 aromatic rings. The van der Waals surface area contributed by atoms with E-state index >= 15 is 0 Å². The molecule has 0 aliphatic carbocycles. The second kappa shape index (κ2) is 5.19. The smallest absolute Gasteiger partial charge is 0.241 e. The van der Waals surface area contributed by atoms with Gasteiger partial charge in [0.05, 0.1) is 11.0 Å². The molecule has 0 fully saturated rings. The number of nitriles is 1. The van der Waals surface area contributed by atoms with Crippen LogP contribution in [0.15, 0.2) is 23.1 Å². The lowest BCUT2D eigenvalue weighted by molar-refractivity contribution is 0.577. The fourth-order valence-corrected chi connectivity index (χ4v) is 3.40. The Balaban J connectivity index is 2.37. The van der Waals surface area contributed by atoms with E-state index in [0.29, 0.717) is 0 Å². The number of sulfonamides is 1. The van der Waals surface area contributed by atoms with Gasteiger partial charge in [-0.15, -0.1) is 0 Å². The molecule has 0 spiro atoms. The molecular weight excluding hydrogens is 262 g/mol. The molecule has 102 valence electrons. The van der Waals surface area contributed by atoms with E-state index < -0.39 is 16.1 Å². The lowest BCUT2D eigenvalue weighted by Gasteiger charge is -2.27. The second-order valence-electron chi connectivity index (χ2n) is 4.79. The Bertz CT molecular complexity index is 619. The molecule has 6 heteroatoms. The van der Waals surface area contributed by atoms with Gasteiger partial charge in [-0.3, -0.25) is 0 Å². The summed E-state index contributed by atoms with van der Waals surface area (Å²) in [4.78, 5) is 2.27. The molecule has 0 saturated heterocycles. The number of hydrogen-bond acceptors (Lipinski definition) is 4. The molecule has 1 aliphatic heterocycles. The Hall–Kier alpha value is -1.58. The summed E-state index contributed by atoms with van der Waals surface area (Å²) in [6, 6.07) is 6.26. The number of anilines is 1. The van der Waals surface area contributed by atoms with Crippen LogP contribution in [0.5, 0.6) is 0 Å². The van der Waals surface area contributed by atoms with Gasteiger partial charge >= 0.3 is 0 Å². The molecule has 1 N–H and O–H groups in total. The van der Waals surface area contributed by atoms with Crippen LogP contribution >= 0.6 is 0 Å². The zero-order chi connectivity index (χ0) is 14.0. The first kappa shape index (κ1) is 13.8. The Morgan fingerprint density at radius 1 is 1.47 bits per heavy atom. The Kier molecular flexibility index (Phi) is 3.78. The maximum absolute atomic E-state index is 12.1. The number of rotatable bonds is 3. The van der Waals surface area contributed by atoms with Crippen molar-refractivity contribution >= 4 is 15.7 Å². The first-order valence-electron chi connectivity index (χ1n) is 6.20. The van der Waals surface area contributed by atoms with E-state index in [0.717, 1.165) is 25.1 Å². The van der Waals surface area contributed by atoms with Crippen molar-refractivity contribution in [2.75, 3.05) is 18.5 Å². The van der Waals surface area contributed by atoms with E-state index in [9.17, 15) is 8.42 Å². The molecule has 1 aromatic carbocycles. The molecule has 0 aromatic heterocycles. The summed E-state index contributed by atoms with van der Waals surface area (Å²) < 4.78 is 26.6. The molecule has 0 unspecified atom stereocenters. The van der Waals surface area contributed by atoms with E-state index in [4.69, 9.17) is 5.26 Å². The van der Waals surface area contributed by atoms with Crippen LogP contribution in [0.25, 0.3) is 0 Å². The highest BCUT2D eigenvalue weighted by Crippen LogP contribution is 2.28. The third-order valence-electron chi connectivity index (χ3n) is 3.24. The molecule has 1 heterocycles. The van der Waals surface area contributed by atoms with Gasteiger partial charge in [0.2, 0.25) is 10.0 Å². The Morgan fingerprint density at radius 3 is 2.89 bits per heavy atom. The van der Waals surface area contributed by atoms with Gasteiger partial charge in [0.25, 0.3) is 0 Å². The summed E-state index contributed by atoms with van der Waals surface area (Å²) in [6.45, 7) is 2.45. The van der Waals surface area contributed by atoms with E-state index in [-0.39, 0.29) is 4.90 Å². The number of benzene rings is 1. The minimum atomic E-state index is -3.63. The molecule has 0 saturated carbocycles. The van der Waals surface area contributed by atoms with Crippen LogP contribution < -0.4 is 9.62 Å². The molecule has 1 atom stereocenters. The van der Waals surface area contributed by atoms with Gasteiger partial charge in [-0.1, -0.05) is 6.07 Å². The SMILES string of the molecule is C[C@@H](C#N)NS(=O)(=O)c1ccc2c(c1)N(C)CCC2. The van der Waals surface area contributed by atoms with Crippen LogP contribution in [0.2, 0.25) is 0 Å². The van der Waals surface area contributed by atoms with Gasteiger partial charge in [0.15, 0.2) is 0 Å². The van der Waals surface area contributed by atoms with Gasteiger partial charge < -0.3 is 4.90 Å². The highest BCUT2D eigenvalue weighted by molar-refractivity contribution is 7.89. The van der Waals surface area contributed by atoms with Crippen LogP contribution in [-0.2, 0) is 16.4 Å². The van der Waals surface area contributed by atoms with Gasteiger partial charge in [0.1, 0.15) is 6.04 Å². The van der Waals surface area contributed by atoms with E-state index in [1.54, 1.807) is 12.1 Å². The minimum absolute atomic E-state index is 0.210. The summed E-state index contributed by atoms with van der Waals surface area (Å²) >= 11 is 0. The monoisotopic (exact) mass is 279 g/mol. The predicted octanol–water partition coefficient (Wildman–Crippen LogP) is 1.26. The number of fused-ring (bicyclic) bond motifs is 1. The second-order valence-corrected chi connectivity index (χ2v) is 6.50. The van der Waals surface area contributed by atoms with Crippen molar-refractivity contribution < 1.29 is 8.42 Å². The van der Waals surface area contributed by atoms with E-state index in [2.05, 4.69) is 9.62 Å². The molecule has 1 aliphatic rings. The Labute approximate surface area is 113 Å². The third kappa shape index (κ3) is 2.88. The molecule has 0 radical (unpaired) electrons. The van der Waals surface area contributed by atoms with Crippen molar-refractivity contribution in [3.8, 4) is 6.07 Å². The third-order valence-corrected chi connectivity index (χ3v) is 4.78. The molecule has 19 heavy (non-hydrogen) atoms. The summed E-state index contributed by atoms with van der Waals surface area (Å²) in [5.74, 6) is 0. The molecular formula is C13H17N3O2S. The van der Waals surface area contributed by atoms with Crippen molar-refractivity contribution in [1.29, 1.82) is 5.26 Å². The normalized spacial score (nSPS) is 16.6. The summed E-state index contributed by atoms with van der Waals surface area (Å²) in [6.07, 6.45) is 2.06. The van der Waals surface area contributed by atoms with Gasteiger partial charge in [-0.25, -0.2) is 8.42 Å². The maximum Gasteiger partial charge on any atom is 0.241 e. The number of hydrogen-bond donors (Lipinski definition) is 1. The average molecular weight is 279 g/mol. The van der Waals surface area contributed by atoms with Gasteiger partial charge in [-0.05, 0) is 37.5 Å². The van der Waals surface area contributed by atoms with Crippen molar-refractivity contribution in [1.82, 2.24) is 4.72 Å². The summed E-state index contributed by atoms with van der Waals surface area (Å²) in [5.41, 5.74) is 2.12. The fraction of sp³-hybridized carbons (Fsp3) is 0.462. The van der Waals surface area contributed by atoms with Crippen LogP contribution in [0, 0.1) is 11.3 Å². The molecule has 2 rings (SSSR count). The number of aryl methyl sites for hydroxylation is 1. The summed E-state index contributed by atoms with van der Waals surface area (Å²) in [5, 5.41) is 8.69. The van der Waals surface area contributed by atoms with Crippen molar-refractivity contribution in [2.24, 2.45) is 0 Å². The van der Waals surface area contributed by atoms with Crippen LogP contribution in [-0.4, -0.2) is 28.1 Å². The lowest BCUT2D eigenvalue weighted by atomic mass is 10.0. The quantitative estimate of drug-likeness (QED) is 0.904. The van der Waals surface area contributed by atoms with Gasteiger partial charge in [0, 0.05) is 19.3 Å². The summed E-state index contributed by atoms with van der Waals surface area (Å²) in [7, 11) is -1.67. The highest BCUT2D eigenvalue weighted by atomic mass is 32.2. The molecule has 0 amide bonds. The number of nitrogens with zero attached hydrogens (tertiary/aromatic N) is 2. The van der Waals surface area contributed by atoms with E-state index in [1.807, 2.05) is 19.2 Å². The zero-order valence-corrected chi connectivity index (χ0v) is 11.9. The maximum atomic E-state index is 12.1. The topological polar surface area (TPSA) is 73.2 Å². The standard InChI is InChI=1S/C13H17N3O2S/c1-10(9-14)15-19(17,18)12-6-5-11-4-3-7-16(2)13(11)8-12/h5-6,8,10,15H,3-4,7H2,1-2H3/t10-/m0/s1. The average Bonchev–Trinajstić information content (AvgIpc) is 2.38. The zero-order valence-electron chi connectivity index (χ0n) is 11.0. The van der Waals surface area contributed by atoms with Crippen LogP contribution in [0.1, 0.15) is 18.9 Å². The van der Waals surface area contributed by atoms with E-state index in [1.165, 1.54) is 12.5 Å². The highest BCUT2D eigenvalue weighted by Gasteiger charge is 2.21. The molecule has 0 bridgehead atoms. The first-order chi connectivity index (χ1) is 8.94. The molecule has 5 nitrogen and oxygen atoms in total.